The van der Waals surface area contributed by atoms with Gasteiger partial charge in [0.2, 0.25) is 0 Å². The van der Waals surface area contributed by atoms with Gasteiger partial charge in [-0.05, 0) is 32.6 Å². The number of nitrogens with zero attached hydrogens (tertiary/aromatic N) is 3. The maximum absolute atomic E-state index is 12.4. The first-order valence-electron chi connectivity index (χ1n) is 9.20. The normalized spacial score (nSPS) is 31.5. The molecule has 7 heteroatoms. The predicted octanol–water partition coefficient (Wildman–Crippen LogP) is 1.70. The van der Waals surface area contributed by atoms with Crippen molar-refractivity contribution < 1.29 is 9.53 Å². The molecule has 0 aromatic carbocycles. The highest BCUT2D eigenvalue weighted by Crippen LogP contribution is 2.60. The highest BCUT2D eigenvalue weighted by Gasteiger charge is 2.65. The molecule has 2 heterocycles. The smallest absolute Gasteiger partial charge is 0.315 e. The Labute approximate surface area is 142 Å². The zero-order chi connectivity index (χ0) is 16.6. The summed E-state index contributed by atoms with van der Waals surface area (Å²) < 4.78 is 7.76. The Morgan fingerprint density at radius 1 is 1.46 bits per heavy atom. The third-order valence-electron chi connectivity index (χ3n) is 6.21. The molecule has 1 saturated heterocycles. The molecular formula is C17H27N5O2. The van der Waals surface area contributed by atoms with Gasteiger partial charge in [0.25, 0.3) is 0 Å². The number of hydrogen-bond acceptors (Lipinski definition) is 4. The van der Waals surface area contributed by atoms with Crippen molar-refractivity contribution in [2.45, 2.75) is 70.2 Å². The molecule has 2 amide bonds. The van der Waals surface area contributed by atoms with Gasteiger partial charge in [-0.15, -0.1) is 0 Å². The number of fused-ring (bicyclic) bond motifs is 2. The summed E-state index contributed by atoms with van der Waals surface area (Å²) in [5.74, 6) is 0.513. The Hall–Kier alpha value is -1.63. The Morgan fingerprint density at radius 2 is 2.29 bits per heavy atom. The predicted molar refractivity (Wildman–Crippen MR) is 88.3 cm³/mol. The van der Waals surface area contributed by atoms with Crippen LogP contribution in [0.3, 0.4) is 0 Å². The van der Waals surface area contributed by atoms with Crippen molar-refractivity contribution in [2.75, 3.05) is 6.61 Å². The fourth-order valence-corrected chi connectivity index (χ4v) is 5.06. The lowest BCUT2D eigenvalue weighted by Gasteiger charge is -2.56. The van der Waals surface area contributed by atoms with Crippen LogP contribution in [0.2, 0.25) is 0 Å². The minimum Gasteiger partial charge on any atom is -0.377 e. The molecule has 3 aliphatic rings. The zero-order valence-corrected chi connectivity index (χ0v) is 14.3. The minimum absolute atomic E-state index is 0.0392. The second-order valence-corrected chi connectivity index (χ2v) is 7.63. The second-order valence-electron chi connectivity index (χ2n) is 7.63. The molecule has 4 unspecified atom stereocenters. The third-order valence-corrected chi connectivity index (χ3v) is 6.21. The van der Waals surface area contributed by atoms with Crippen molar-refractivity contribution in [3.05, 3.63) is 12.7 Å². The van der Waals surface area contributed by atoms with Crippen LogP contribution >= 0.6 is 0 Å². The van der Waals surface area contributed by atoms with E-state index in [0.29, 0.717) is 12.0 Å². The Kier molecular flexibility index (Phi) is 4.20. The van der Waals surface area contributed by atoms with Crippen LogP contribution in [0.5, 0.6) is 0 Å². The first-order chi connectivity index (χ1) is 11.7. The molecule has 2 aliphatic carbocycles. The maximum atomic E-state index is 12.4. The van der Waals surface area contributed by atoms with E-state index >= 15 is 0 Å². The van der Waals surface area contributed by atoms with Gasteiger partial charge >= 0.3 is 6.03 Å². The molecule has 7 nitrogen and oxygen atoms in total. The standard InChI is InChI=1S/C17H27N5O2/c1-12(4-8-22-11-18-10-19-22)20-16(23)21-14-13-5-9-24-15(13)17(14)6-2-3-7-17/h10-15H,2-9H2,1H3,(H2,20,21,23). The summed E-state index contributed by atoms with van der Waals surface area (Å²) in [5, 5.41) is 10.4. The molecule has 2 N–H and O–H groups in total. The molecule has 1 aliphatic heterocycles. The number of nitrogens with one attached hydrogen (secondary N) is 2. The highest BCUT2D eigenvalue weighted by molar-refractivity contribution is 5.75. The molecule has 24 heavy (non-hydrogen) atoms. The van der Waals surface area contributed by atoms with Gasteiger partial charge in [0.15, 0.2) is 0 Å². The molecule has 4 atom stereocenters. The van der Waals surface area contributed by atoms with Crippen LogP contribution < -0.4 is 10.6 Å². The molecule has 1 aromatic rings. The van der Waals surface area contributed by atoms with Crippen LogP contribution in [0.25, 0.3) is 0 Å². The first-order valence-corrected chi connectivity index (χ1v) is 9.20. The highest BCUT2D eigenvalue weighted by atomic mass is 16.5. The molecule has 0 bridgehead atoms. The summed E-state index contributed by atoms with van der Waals surface area (Å²) in [6, 6.07) is 0.349. The summed E-state index contributed by atoms with van der Waals surface area (Å²) in [6.45, 7) is 3.64. The van der Waals surface area contributed by atoms with Crippen LogP contribution in [0.4, 0.5) is 4.79 Å². The number of amides is 2. The van der Waals surface area contributed by atoms with Gasteiger partial charge in [-0.2, -0.15) is 5.10 Å². The average Bonchev–Trinajstić information content (AvgIpc) is 3.31. The van der Waals surface area contributed by atoms with Crippen LogP contribution in [0, 0.1) is 11.3 Å². The molecule has 1 spiro atoms. The van der Waals surface area contributed by atoms with Gasteiger partial charge in [-0.25, -0.2) is 9.78 Å². The summed E-state index contributed by atoms with van der Waals surface area (Å²) >= 11 is 0. The van der Waals surface area contributed by atoms with Crippen molar-refractivity contribution in [2.24, 2.45) is 11.3 Å². The number of aryl methyl sites for hydroxylation is 1. The quantitative estimate of drug-likeness (QED) is 0.859. The van der Waals surface area contributed by atoms with Gasteiger partial charge in [0.05, 0.1) is 6.10 Å². The van der Waals surface area contributed by atoms with E-state index < -0.39 is 0 Å². The number of urea groups is 1. The van der Waals surface area contributed by atoms with E-state index in [1.807, 2.05) is 6.92 Å². The van der Waals surface area contributed by atoms with Crippen LogP contribution in [0.1, 0.15) is 45.4 Å². The lowest BCUT2D eigenvalue weighted by Crippen LogP contribution is -2.69. The second kappa shape index (κ2) is 6.35. The van der Waals surface area contributed by atoms with Gasteiger partial charge in [-0.1, -0.05) is 12.8 Å². The maximum Gasteiger partial charge on any atom is 0.315 e. The number of aromatic nitrogens is 3. The number of rotatable bonds is 5. The van der Waals surface area contributed by atoms with Gasteiger partial charge in [0, 0.05) is 36.6 Å². The lowest BCUT2D eigenvalue weighted by molar-refractivity contribution is -0.126. The Morgan fingerprint density at radius 3 is 3.04 bits per heavy atom. The Bertz CT molecular complexity index is 570. The van der Waals surface area contributed by atoms with E-state index in [4.69, 9.17) is 4.74 Å². The molecule has 4 rings (SSSR count). The van der Waals surface area contributed by atoms with E-state index in [2.05, 4.69) is 20.7 Å². The summed E-state index contributed by atoms with van der Waals surface area (Å²) in [7, 11) is 0. The van der Waals surface area contributed by atoms with Crippen molar-refractivity contribution in [1.29, 1.82) is 0 Å². The molecular weight excluding hydrogens is 306 g/mol. The Balaban J connectivity index is 1.29. The van der Waals surface area contributed by atoms with Gasteiger partial charge < -0.3 is 15.4 Å². The molecule has 3 fully saturated rings. The number of carbonyl (C=O) groups is 1. The topological polar surface area (TPSA) is 81.1 Å². The fraction of sp³-hybridized carbons (Fsp3) is 0.824. The van der Waals surface area contributed by atoms with Crippen LogP contribution in [-0.2, 0) is 11.3 Å². The lowest BCUT2D eigenvalue weighted by atomic mass is 9.54. The third kappa shape index (κ3) is 2.68. The summed E-state index contributed by atoms with van der Waals surface area (Å²) in [6.07, 6.45) is 10.5. The van der Waals surface area contributed by atoms with Crippen LogP contribution in [0.15, 0.2) is 12.7 Å². The fourth-order valence-electron chi connectivity index (χ4n) is 5.06. The van der Waals surface area contributed by atoms with E-state index in [1.54, 1.807) is 11.0 Å². The minimum atomic E-state index is -0.0392. The summed E-state index contributed by atoms with van der Waals surface area (Å²) in [5.41, 5.74) is 0.211. The van der Waals surface area contributed by atoms with Crippen molar-refractivity contribution >= 4 is 6.03 Å². The molecule has 132 valence electrons. The van der Waals surface area contributed by atoms with E-state index in [0.717, 1.165) is 26.0 Å². The van der Waals surface area contributed by atoms with Gasteiger partial charge in [0.1, 0.15) is 12.7 Å². The van der Waals surface area contributed by atoms with Crippen molar-refractivity contribution in [3.63, 3.8) is 0 Å². The monoisotopic (exact) mass is 333 g/mol. The van der Waals surface area contributed by atoms with Crippen molar-refractivity contribution in [1.82, 2.24) is 25.4 Å². The summed E-state index contributed by atoms with van der Waals surface area (Å²) in [4.78, 5) is 16.4. The number of ether oxygens (including phenoxy) is 1. The average molecular weight is 333 g/mol. The molecule has 1 aromatic heterocycles. The van der Waals surface area contributed by atoms with E-state index in [-0.39, 0.29) is 23.5 Å². The largest absolute Gasteiger partial charge is 0.377 e. The van der Waals surface area contributed by atoms with E-state index in [9.17, 15) is 4.79 Å². The SMILES string of the molecule is CC(CCn1cncn1)NC(=O)NC1C2CCOC2C12CCCC2. The number of carbonyl (C=O) groups excluding carboxylic acids is 1. The molecule has 0 radical (unpaired) electrons. The first kappa shape index (κ1) is 15.9. The zero-order valence-electron chi connectivity index (χ0n) is 14.3. The van der Waals surface area contributed by atoms with Crippen LogP contribution in [-0.4, -0.2) is 45.6 Å². The van der Waals surface area contributed by atoms with Crippen molar-refractivity contribution in [3.8, 4) is 0 Å². The molecule has 2 saturated carbocycles. The number of hydrogen-bond donors (Lipinski definition) is 2. The van der Waals surface area contributed by atoms with E-state index in [1.165, 1.54) is 32.0 Å². The van der Waals surface area contributed by atoms with Gasteiger partial charge in [-0.3, -0.25) is 4.68 Å².